The summed E-state index contributed by atoms with van der Waals surface area (Å²) in [5, 5.41) is 12.5. The van der Waals surface area contributed by atoms with Crippen LogP contribution in [0.3, 0.4) is 0 Å². The molecule has 2 heterocycles. The van der Waals surface area contributed by atoms with Gasteiger partial charge in [0.05, 0.1) is 5.56 Å². The van der Waals surface area contributed by atoms with Gasteiger partial charge in [0.1, 0.15) is 12.7 Å². The molecule has 0 bridgehead atoms. The molecule has 0 saturated carbocycles. The Kier molecular flexibility index (Phi) is 4.60. The molecule has 1 N–H and O–H groups in total. The summed E-state index contributed by atoms with van der Waals surface area (Å²) in [6.45, 7) is 0.385. The molecule has 0 saturated heterocycles. The summed E-state index contributed by atoms with van der Waals surface area (Å²) >= 11 is 0. The van der Waals surface area contributed by atoms with E-state index in [4.69, 9.17) is 5.11 Å². The smallest absolute Gasteiger partial charge is 0.303 e. The Morgan fingerprint density at radius 1 is 1.38 bits per heavy atom. The van der Waals surface area contributed by atoms with E-state index in [0.717, 1.165) is 0 Å². The molecule has 110 valence electrons. The molecule has 2 rings (SSSR count). The van der Waals surface area contributed by atoms with Crippen molar-refractivity contribution in [2.24, 2.45) is 0 Å². The zero-order valence-electron chi connectivity index (χ0n) is 11.5. The van der Waals surface area contributed by atoms with E-state index >= 15 is 0 Å². The molecule has 0 aliphatic rings. The van der Waals surface area contributed by atoms with E-state index in [1.54, 1.807) is 19.2 Å². The molecule has 2 aromatic heterocycles. The quantitative estimate of drug-likeness (QED) is 0.835. The molecule has 0 aromatic carbocycles. The molecule has 8 nitrogen and oxygen atoms in total. The normalized spacial score (nSPS) is 10.3. The van der Waals surface area contributed by atoms with Crippen LogP contribution in [-0.4, -0.2) is 55.2 Å². The van der Waals surface area contributed by atoms with Crippen molar-refractivity contribution >= 4 is 11.9 Å². The molecule has 0 radical (unpaired) electrons. The van der Waals surface area contributed by atoms with E-state index < -0.39 is 5.97 Å². The second-order valence-electron chi connectivity index (χ2n) is 4.47. The standard InChI is InChI=1S/C13H15N5O3/c1-17(6-2-3-12(19)20)13(21)10-4-5-11(15-7-10)18-9-14-8-16-18/h4-5,7-9H,2-3,6H2,1H3,(H,19,20). The lowest BCUT2D eigenvalue weighted by molar-refractivity contribution is -0.137. The molecule has 0 spiro atoms. The second-order valence-corrected chi connectivity index (χ2v) is 4.47. The average molecular weight is 289 g/mol. The van der Waals surface area contributed by atoms with E-state index in [1.807, 2.05) is 0 Å². The highest BCUT2D eigenvalue weighted by molar-refractivity contribution is 5.93. The maximum absolute atomic E-state index is 12.1. The highest BCUT2D eigenvalue weighted by atomic mass is 16.4. The van der Waals surface area contributed by atoms with Crippen LogP contribution in [0.5, 0.6) is 0 Å². The molecule has 0 atom stereocenters. The van der Waals surface area contributed by atoms with Crippen LogP contribution in [0.4, 0.5) is 0 Å². The zero-order chi connectivity index (χ0) is 15.2. The monoisotopic (exact) mass is 289 g/mol. The summed E-state index contributed by atoms with van der Waals surface area (Å²) in [7, 11) is 1.63. The van der Waals surface area contributed by atoms with Gasteiger partial charge in [-0.05, 0) is 18.6 Å². The minimum atomic E-state index is -0.866. The number of pyridine rings is 1. The summed E-state index contributed by atoms with van der Waals surface area (Å²) < 4.78 is 1.49. The number of hydrogen-bond acceptors (Lipinski definition) is 5. The number of carboxylic acid groups (broad SMARTS) is 1. The van der Waals surface area contributed by atoms with E-state index in [-0.39, 0.29) is 12.3 Å². The zero-order valence-corrected chi connectivity index (χ0v) is 11.5. The first-order chi connectivity index (χ1) is 10.1. The van der Waals surface area contributed by atoms with Gasteiger partial charge >= 0.3 is 5.97 Å². The van der Waals surface area contributed by atoms with Gasteiger partial charge in [0.2, 0.25) is 0 Å². The van der Waals surface area contributed by atoms with Crippen molar-refractivity contribution in [2.75, 3.05) is 13.6 Å². The minimum absolute atomic E-state index is 0.0428. The number of amides is 1. The average Bonchev–Trinajstić information content (AvgIpc) is 3.00. The molecule has 21 heavy (non-hydrogen) atoms. The van der Waals surface area contributed by atoms with Gasteiger partial charge in [-0.15, -0.1) is 0 Å². The van der Waals surface area contributed by atoms with Crippen LogP contribution in [0, 0.1) is 0 Å². The molecular formula is C13H15N5O3. The summed E-state index contributed by atoms with van der Waals surface area (Å²) in [6.07, 6.45) is 4.84. The van der Waals surface area contributed by atoms with Crippen LogP contribution in [0.25, 0.3) is 5.82 Å². The Labute approximate surface area is 121 Å². The van der Waals surface area contributed by atoms with Crippen LogP contribution in [0.15, 0.2) is 31.0 Å². The van der Waals surface area contributed by atoms with Gasteiger partial charge in [-0.25, -0.2) is 14.6 Å². The van der Waals surface area contributed by atoms with Gasteiger partial charge in [-0.3, -0.25) is 9.59 Å². The van der Waals surface area contributed by atoms with Crippen LogP contribution >= 0.6 is 0 Å². The van der Waals surface area contributed by atoms with Crippen molar-refractivity contribution in [1.29, 1.82) is 0 Å². The fraction of sp³-hybridized carbons (Fsp3) is 0.308. The second kappa shape index (κ2) is 6.60. The van der Waals surface area contributed by atoms with E-state index in [0.29, 0.717) is 24.3 Å². The minimum Gasteiger partial charge on any atom is -0.481 e. The Morgan fingerprint density at radius 3 is 2.76 bits per heavy atom. The van der Waals surface area contributed by atoms with Crippen LogP contribution in [0.2, 0.25) is 0 Å². The molecule has 0 fully saturated rings. The lowest BCUT2D eigenvalue weighted by Gasteiger charge is -2.16. The summed E-state index contributed by atoms with van der Waals surface area (Å²) in [4.78, 5) is 32.0. The number of aromatic nitrogens is 4. The van der Waals surface area contributed by atoms with Gasteiger partial charge in [0.25, 0.3) is 5.91 Å². The van der Waals surface area contributed by atoms with E-state index in [2.05, 4.69) is 15.1 Å². The van der Waals surface area contributed by atoms with E-state index in [1.165, 1.54) is 28.4 Å². The maximum atomic E-state index is 12.1. The van der Waals surface area contributed by atoms with Crippen LogP contribution in [-0.2, 0) is 4.79 Å². The number of carbonyl (C=O) groups excluding carboxylic acids is 1. The predicted octanol–water partition coefficient (Wildman–Crippen LogP) is 0.599. The first kappa shape index (κ1) is 14.6. The third-order valence-electron chi connectivity index (χ3n) is 2.88. The summed E-state index contributed by atoms with van der Waals surface area (Å²) in [6, 6.07) is 3.33. The van der Waals surface area contributed by atoms with Crippen molar-refractivity contribution in [3.05, 3.63) is 36.5 Å². The molecule has 0 aliphatic heterocycles. The van der Waals surface area contributed by atoms with Gasteiger partial charge in [-0.1, -0.05) is 0 Å². The molecule has 1 amide bonds. The topological polar surface area (TPSA) is 101 Å². The Bertz CT molecular complexity index is 609. The number of aliphatic carboxylic acids is 1. The lowest BCUT2D eigenvalue weighted by atomic mass is 10.2. The fourth-order valence-corrected chi connectivity index (χ4v) is 1.76. The predicted molar refractivity (Wildman–Crippen MR) is 73.0 cm³/mol. The largest absolute Gasteiger partial charge is 0.481 e. The van der Waals surface area contributed by atoms with Crippen molar-refractivity contribution in [3.8, 4) is 5.82 Å². The van der Waals surface area contributed by atoms with Crippen molar-refractivity contribution in [2.45, 2.75) is 12.8 Å². The number of carbonyl (C=O) groups is 2. The number of rotatable bonds is 6. The Morgan fingerprint density at radius 2 is 2.19 bits per heavy atom. The molecule has 8 heteroatoms. The van der Waals surface area contributed by atoms with Crippen LogP contribution < -0.4 is 0 Å². The van der Waals surface area contributed by atoms with Crippen molar-refractivity contribution < 1.29 is 14.7 Å². The van der Waals surface area contributed by atoms with Gasteiger partial charge in [0.15, 0.2) is 5.82 Å². The first-order valence-corrected chi connectivity index (χ1v) is 6.36. The highest BCUT2D eigenvalue weighted by Crippen LogP contribution is 2.07. The van der Waals surface area contributed by atoms with Crippen molar-refractivity contribution in [1.82, 2.24) is 24.6 Å². The maximum Gasteiger partial charge on any atom is 0.303 e. The molecule has 2 aromatic rings. The number of carboxylic acids is 1. The van der Waals surface area contributed by atoms with Gasteiger partial charge < -0.3 is 10.0 Å². The Balaban J connectivity index is 1.97. The third-order valence-corrected chi connectivity index (χ3v) is 2.88. The van der Waals surface area contributed by atoms with E-state index in [9.17, 15) is 9.59 Å². The van der Waals surface area contributed by atoms with Crippen LogP contribution in [0.1, 0.15) is 23.2 Å². The number of hydrogen-bond donors (Lipinski definition) is 1. The SMILES string of the molecule is CN(CCCC(=O)O)C(=O)c1ccc(-n2cncn2)nc1. The highest BCUT2D eigenvalue weighted by Gasteiger charge is 2.12. The third kappa shape index (κ3) is 3.85. The first-order valence-electron chi connectivity index (χ1n) is 6.36. The summed E-state index contributed by atoms with van der Waals surface area (Å²) in [5.74, 6) is -0.495. The van der Waals surface area contributed by atoms with Gasteiger partial charge in [0, 0.05) is 26.2 Å². The Hall–Kier alpha value is -2.77. The van der Waals surface area contributed by atoms with Gasteiger partial charge in [-0.2, -0.15) is 5.10 Å². The lowest BCUT2D eigenvalue weighted by Crippen LogP contribution is -2.28. The molecular weight excluding hydrogens is 274 g/mol. The molecule has 0 aliphatic carbocycles. The van der Waals surface area contributed by atoms with Crippen molar-refractivity contribution in [3.63, 3.8) is 0 Å². The fourth-order valence-electron chi connectivity index (χ4n) is 1.76. The molecule has 0 unspecified atom stereocenters. The number of nitrogens with zero attached hydrogens (tertiary/aromatic N) is 5. The summed E-state index contributed by atoms with van der Waals surface area (Å²) in [5.41, 5.74) is 0.441.